The summed E-state index contributed by atoms with van der Waals surface area (Å²) < 4.78 is 7.47. The molecule has 2 heterocycles. The lowest BCUT2D eigenvalue weighted by Crippen LogP contribution is -2.43. The number of ether oxygens (including phenoxy) is 1. The summed E-state index contributed by atoms with van der Waals surface area (Å²) in [5.74, 6) is 1.06. The molecule has 1 aliphatic carbocycles. The number of rotatable bonds is 9. The standard InChI is InChI=1S/C28H33N7O2/c1-37-19-11-9-18(10-12-19)13-15-35-16-14-20-23(7-4-8-25(20)35)32-27-21(26(30)36)17-31-28(34-27)33-24-6-3-2-5-22(24)29/h4,7-12,14,16-17,22,24H,2-3,5-6,13,15,29H2,1H3,(H2,30,36)(H2,31,32,33,34). The minimum absolute atomic E-state index is 0.0519. The molecule has 0 spiro atoms. The van der Waals surface area contributed by atoms with E-state index in [4.69, 9.17) is 16.2 Å². The first-order valence-electron chi connectivity index (χ1n) is 12.7. The van der Waals surface area contributed by atoms with Gasteiger partial charge in [0.05, 0.1) is 12.6 Å². The summed E-state index contributed by atoms with van der Waals surface area (Å²) in [6.07, 6.45) is 8.63. The van der Waals surface area contributed by atoms with Gasteiger partial charge in [0.25, 0.3) is 5.91 Å². The number of carbonyl (C=O) groups is 1. The lowest BCUT2D eigenvalue weighted by Gasteiger charge is -2.29. The van der Waals surface area contributed by atoms with Crippen LogP contribution >= 0.6 is 0 Å². The third-order valence-corrected chi connectivity index (χ3v) is 7.06. The number of methoxy groups -OCH3 is 1. The molecule has 9 heteroatoms. The van der Waals surface area contributed by atoms with E-state index in [1.165, 1.54) is 11.8 Å². The fourth-order valence-electron chi connectivity index (χ4n) is 4.93. The van der Waals surface area contributed by atoms with Crippen LogP contribution < -0.4 is 26.8 Å². The number of hydrogen-bond acceptors (Lipinski definition) is 7. The Morgan fingerprint density at radius 3 is 2.70 bits per heavy atom. The zero-order chi connectivity index (χ0) is 25.8. The Morgan fingerprint density at radius 2 is 1.95 bits per heavy atom. The van der Waals surface area contributed by atoms with Crippen LogP contribution in [0.15, 0.2) is 60.9 Å². The summed E-state index contributed by atoms with van der Waals surface area (Å²) in [4.78, 5) is 21.1. The Morgan fingerprint density at radius 1 is 1.14 bits per heavy atom. The van der Waals surface area contributed by atoms with Crippen molar-refractivity contribution >= 4 is 34.3 Å². The fourth-order valence-corrected chi connectivity index (χ4v) is 4.93. The lowest BCUT2D eigenvalue weighted by atomic mass is 9.91. The Labute approximate surface area is 216 Å². The molecule has 5 rings (SSSR count). The summed E-state index contributed by atoms with van der Waals surface area (Å²) in [6, 6.07) is 16.4. The number of amides is 1. The second kappa shape index (κ2) is 10.9. The average molecular weight is 500 g/mol. The predicted octanol–water partition coefficient (Wildman–Crippen LogP) is 4.21. The number of nitrogens with two attached hydrogens (primary N) is 2. The highest BCUT2D eigenvalue weighted by molar-refractivity contribution is 6.00. The predicted molar refractivity (Wildman–Crippen MR) is 146 cm³/mol. The summed E-state index contributed by atoms with van der Waals surface area (Å²) >= 11 is 0. The van der Waals surface area contributed by atoms with Gasteiger partial charge in [-0.25, -0.2) is 4.98 Å². The third-order valence-electron chi connectivity index (χ3n) is 7.06. The number of nitrogens with one attached hydrogen (secondary N) is 2. The van der Waals surface area contributed by atoms with Crippen LogP contribution in [-0.2, 0) is 13.0 Å². The molecular weight excluding hydrogens is 466 g/mol. The molecule has 0 bridgehead atoms. The van der Waals surface area contributed by atoms with E-state index in [9.17, 15) is 4.79 Å². The van der Waals surface area contributed by atoms with Crippen molar-refractivity contribution in [3.05, 3.63) is 72.1 Å². The minimum atomic E-state index is -0.590. The molecule has 2 aromatic carbocycles. The van der Waals surface area contributed by atoms with E-state index in [1.807, 2.05) is 24.3 Å². The number of aryl methyl sites for hydroxylation is 2. The van der Waals surface area contributed by atoms with Gasteiger partial charge in [-0.2, -0.15) is 4.98 Å². The average Bonchev–Trinajstić information content (AvgIpc) is 3.33. The number of hydrogen-bond donors (Lipinski definition) is 4. The van der Waals surface area contributed by atoms with Crippen LogP contribution in [0.5, 0.6) is 5.75 Å². The van der Waals surface area contributed by atoms with Gasteiger partial charge >= 0.3 is 0 Å². The molecule has 0 saturated heterocycles. The highest BCUT2D eigenvalue weighted by atomic mass is 16.5. The second-order valence-corrected chi connectivity index (χ2v) is 9.49. The molecule has 37 heavy (non-hydrogen) atoms. The van der Waals surface area contributed by atoms with E-state index in [1.54, 1.807) is 7.11 Å². The quantitative estimate of drug-likeness (QED) is 0.271. The van der Waals surface area contributed by atoms with Crippen molar-refractivity contribution in [3.63, 3.8) is 0 Å². The molecule has 192 valence electrons. The molecular formula is C28H33N7O2. The number of carbonyl (C=O) groups excluding carboxylic acids is 1. The molecule has 1 aliphatic rings. The van der Waals surface area contributed by atoms with E-state index in [-0.39, 0.29) is 17.6 Å². The maximum absolute atomic E-state index is 12.1. The van der Waals surface area contributed by atoms with Crippen LogP contribution in [0.1, 0.15) is 41.6 Å². The molecule has 0 radical (unpaired) electrons. The number of primary amides is 1. The van der Waals surface area contributed by atoms with Crippen molar-refractivity contribution in [2.45, 2.75) is 50.7 Å². The number of fused-ring (bicyclic) bond motifs is 1. The summed E-state index contributed by atoms with van der Waals surface area (Å²) in [5.41, 5.74) is 15.3. The van der Waals surface area contributed by atoms with E-state index >= 15 is 0 Å². The number of anilines is 3. The fraction of sp³-hybridized carbons (Fsp3) is 0.321. The first kappa shape index (κ1) is 24.6. The molecule has 2 atom stereocenters. The summed E-state index contributed by atoms with van der Waals surface area (Å²) in [6.45, 7) is 0.828. The monoisotopic (exact) mass is 499 g/mol. The molecule has 9 nitrogen and oxygen atoms in total. The smallest absolute Gasteiger partial charge is 0.254 e. The summed E-state index contributed by atoms with van der Waals surface area (Å²) in [5, 5.41) is 7.71. The molecule has 1 amide bonds. The number of aromatic nitrogens is 3. The maximum atomic E-state index is 12.1. The largest absolute Gasteiger partial charge is 0.497 e. The van der Waals surface area contributed by atoms with Crippen molar-refractivity contribution in [1.29, 1.82) is 0 Å². The lowest BCUT2D eigenvalue weighted by molar-refractivity contribution is 0.100. The van der Waals surface area contributed by atoms with Crippen molar-refractivity contribution < 1.29 is 9.53 Å². The van der Waals surface area contributed by atoms with Crippen LogP contribution in [0.25, 0.3) is 10.9 Å². The van der Waals surface area contributed by atoms with Gasteiger partial charge in [-0.15, -0.1) is 0 Å². The van der Waals surface area contributed by atoms with Crippen molar-refractivity contribution in [3.8, 4) is 5.75 Å². The zero-order valence-electron chi connectivity index (χ0n) is 21.0. The van der Waals surface area contributed by atoms with Gasteiger partial charge in [0.1, 0.15) is 17.1 Å². The van der Waals surface area contributed by atoms with E-state index in [0.717, 1.165) is 61.0 Å². The number of nitrogens with zero attached hydrogens (tertiary/aromatic N) is 3. The molecule has 2 aromatic heterocycles. The van der Waals surface area contributed by atoms with Gasteiger partial charge in [0.15, 0.2) is 0 Å². The summed E-state index contributed by atoms with van der Waals surface area (Å²) in [7, 11) is 1.67. The Bertz CT molecular complexity index is 1380. The van der Waals surface area contributed by atoms with Crippen LogP contribution in [0.2, 0.25) is 0 Å². The van der Waals surface area contributed by atoms with E-state index in [0.29, 0.717) is 11.8 Å². The first-order chi connectivity index (χ1) is 18.0. The van der Waals surface area contributed by atoms with Crippen molar-refractivity contribution in [2.24, 2.45) is 11.5 Å². The Hall–Kier alpha value is -4.11. The van der Waals surface area contributed by atoms with Gasteiger partial charge in [0, 0.05) is 42.1 Å². The van der Waals surface area contributed by atoms with Crippen LogP contribution in [0, 0.1) is 0 Å². The maximum Gasteiger partial charge on any atom is 0.254 e. The molecule has 6 N–H and O–H groups in total. The third kappa shape index (κ3) is 5.51. The second-order valence-electron chi connectivity index (χ2n) is 9.49. The molecule has 1 saturated carbocycles. The van der Waals surface area contributed by atoms with Crippen LogP contribution in [0.3, 0.4) is 0 Å². The molecule has 0 aliphatic heterocycles. The molecule has 4 aromatic rings. The SMILES string of the molecule is COc1ccc(CCn2ccc3c(Nc4nc(NC5CCCCC5N)ncc4C(N)=O)cccc32)cc1. The number of benzene rings is 2. The van der Waals surface area contributed by atoms with Crippen molar-refractivity contribution in [2.75, 3.05) is 17.7 Å². The van der Waals surface area contributed by atoms with Gasteiger partial charge < -0.3 is 31.4 Å². The van der Waals surface area contributed by atoms with Gasteiger partial charge in [0.2, 0.25) is 5.95 Å². The van der Waals surface area contributed by atoms with E-state index < -0.39 is 5.91 Å². The highest BCUT2D eigenvalue weighted by Crippen LogP contribution is 2.29. The van der Waals surface area contributed by atoms with Gasteiger partial charge in [-0.3, -0.25) is 4.79 Å². The topological polar surface area (TPSA) is 133 Å². The van der Waals surface area contributed by atoms with Crippen LogP contribution in [0.4, 0.5) is 17.5 Å². The van der Waals surface area contributed by atoms with Gasteiger partial charge in [-0.05, 0) is 55.2 Å². The Balaban J connectivity index is 1.37. The first-order valence-corrected chi connectivity index (χ1v) is 12.7. The molecule has 1 fully saturated rings. The zero-order valence-corrected chi connectivity index (χ0v) is 21.0. The Kier molecular flexibility index (Phi) is 7.23. The normalized spacial score (nSPS) is 17.5. The van der Waals surface area contributed by atoms with Crippen LogP contribution in [-0.4, -0.2) is 39.6 Å². The van der Waals surface area contributed by atoms with Crippen molar-refractivity contribution in [1.82, 2.24) is 14.5 Å². The molecule has 2 unspecified atom stereocenters. The van der Waals surface area contributed by atoms with Gasteiger partial charge in [-0.1, -0.05) is 31.0 Å². The van der Waals surface area contributed by atoms with E-state index in [2.05, 4.69) is 55.6 Å². The minimum Gasteiger partial charge on any atom is -0.497 e. The highest BCUT2D eigenvalue weighted by Gasteiger charge is 2.23.